The van der Waals surface area contributed by atoms with Crippen LogP contribution < -0.4 is 15.5 Å². The van der Waals surface area contributed by atoms with E-state index >= 15 is 0 Å². The van der Waals surface area contributed by atoms with Gasteiger partial charge in [0.2, 0.25) is 5.91 Å². The van der Waals surface area contributed by atoms with E-state index in [1.165, 1.54) is 0 Å². The number of piperazine rings is 1. The van der Waals surface area contributed by atoms with E-state index in [1.807, 2.05) is 36.4 Å². The van der Waals surface area contributed by atoms with Crippen LogP contribution in [0.5, 0.6) is 0 Å². The number of rotatable bonds is 3. The van der Waals surface area contributed by atoms with E-state index in [1.54, 1.807) is 12.1 Å². The zero-order chi connectivity index (χ0) is 16.2. The summed E-state index contributed by atoms with van der Waals surface area (Å²) in [5, 5.41) is 9.00. The van der Waals surface area contributed by atoms with Gasteiger partial charge < -0.3 is 15.5 Å². The summed E-state index contributed by atoms with van der Waals surface area (Å²) in [6.45, 7) is 3.58. The van der Waals surface area contributed by atoms with Crippen LogP contribution in [0.15, 0.2) is 48.5 Å². The molecule has 2 N–H and O–H groups in total. The molecular formula is C18H18N4O. The van der Waals surface area contributed by atoms with Gasteiger partial charge in [0.1, 0.15) is 0 Å². The summed E-state index contributed by atoms with van der Waals surface area (Å²) in [6, 6.07) is 17.3. The molecule has 0 atom stereocenters. The van der Waals surface area contributed by atoms with Crippen LogP contribution in [0.25, 0.3) is 0 Å². The maximum atomic E-state index is 11.1. The molecule has 1 heterocycles. The Kier molecular flexibility index (Phi) is 4.15. The minimum absolute atomic E-state index is 0.404. The van der Waals surface area contributed by atoms with Crippen LogP contribution in [0.2, 0.25) is 0 Å². The molecule has 1 saturated heterocycles. The molecule has 2 aromatic rings. The Bertz CT molecular complexity index is 740. The highest BCUT2D eigenvalue weighted by Crippen LogP contribution is 2.21. The van der Waals surface area contributed by atoms with Gasteiger partial charge in [0.25, 0.3) is 0 Å². The largest absolute Gasteiger partial charge is 0.368 e. The van der Waals surface area contributed by atoms with E-state index in [0.717, 1.165) is 37.6 Å². The highest BCUT2D eigenvalue weighted by Gasteiger charge is 2.18. The van der Waals surface area contributed by atoms with Crippen LogP contribution in [0.3, 0.4) is 0 Å². The highest BCUT2D eigenvalue weighted by molar-refractivity contribution is 5.93. The Balaban J connectivity index is 1.66. The molecule has 5 nitrogen and oxygen atoms in total. The Morgan fingerprint density at radius 1 is 0.957 bits per heavy atom. The molecule has 0 aromatic heterocycles. The average molecular weight is 306 g/mol. The molecule has 1 aliphatic rings. The molecule has 1 aliphatic heterocycles. The van der Waals surface area contributed by atoms with Crippen molar-refractivity contribution in [3.05, 3.63) is 59.7 Å². The summed E-state index contributed by atoms with van der Waals surface area (Å²) in [7, 11) is 0. The zero-order valence-electron chi connectivity index (χ0n) is 12.8. The molecule has 5 heteroatoms. The number of hydrogen-bond acceptors (Lipinski definition) is 4. The van der Waals surface area contributed by atoms with Crippen molar-refractivity contribution < 1.29 is 4.79 Å². The topological polar surface area (TPSA) is 73.4 Å². The first-order valence-electron chi connectivity index (χ1n) is 7.57. The SMILES string of the molecule is N#Cc1cccc(N2CCN(c3ccc(C(N)=O)cc3)CC2)c1. The molecular weight excluding hydrogens is 288 g/mol. The lowest BCUT2D eigenvalue weighted by Crippen LogP contribution is -2.46. The summed E-state index contributed by atoms with van der Waals surface area (Å²) >= 11 is 0. The smallest absolute Gasteiger partial charge is 0.248 e. The Morgan fingerprint density at radius 3 is 2.13 bits per heavy atom. The van der Waals surface area contributed by atoms with Gasteiger partial charge in [-0.15, -0.1) is 0 Å². The van der Waals surface area contributed by atoms with Gasteiger partial charge in [-0.05, 0) is 42.5 Å². The van der Waals surface area contributed by atoms with E-state index in [0.29, 0.717) is 11.1 Å². The number of amides is 1. The molecule has 1 fully saturated rings. The number of carbonyl (C=O) groups is 1. The van der Waals surface area contributed by atoms with Crippen molar-refractivity contribution in [3.63, 3.8) is 0 Å². The molecule has 3 rings (SSSR count). The lowest BCUT2D eigenvalue weighted by molar-refractivity contribution is 0.100. The van der Waals surface area contributed by atoms with Crippen LogP contribution in [0.4, 0.5) is 11.4 Å². The number of primary amides is 1. The van der Waals surface area contributed by atoms with Crippen molar-refractivity contribution in [2.75, 3.05) is 36.0 Å². The Morgan fingerprint density at radius 2 is 1.57 bits per heavy atom. The van der Waals surface area contributed by atoms with Crippen molar-refractivity contribution in [2.24, 2.45) is 5.73 Å². The van der Waals surface area contributed by atoms with Gasteiger partial charge in [-0.3, -0.25) is 4.79 Å². The minimum atomic E-state index is -0.404. The summed E-state index contributed by atoms with van der Waals surface area (Å²) in [5.74, 6) is -0.404. The predicted molar refractivity (Wildman–Crippen MR) is 90.5 cm³/mol. The third-order valence-electron chi connectivity index (χ3n) is 4.14. The molecule has 0 saturated carbocycles. The fourth-order valence-electron chi connectivity index (χ4n) is 2.83. The van der Waals surface area contributed by atoms with Crippen LogP contribution in [0.1, 0.15) is 15.9 Å². The molecule has 0 unspecified atom stereocenters. The van der Waals surface area contributed by atoms with Crippen molar-refractivity contribution in [1.29, 1.82) is 5.26 Å². The van der Waals surface area contributed by atoms with Crippen molar-refractivity contribution in [3.8, 4) is 6.07 Å². The number of nitrogens with zero attached hydrogens (tertiary/aromatic N) is 3. The van der Waals surface area contributed by atoms with Crippen LogP contribution >= 0.6 is 0 Å². The number of carbonyl (C=O) groups excluding carboxylic acids is 1. The maximum Gasteiger partial charge on any atom is 0.248 e. The fraction of sp³-hybridized carbons (Fsp3) is 0.222. The van der Waals surface area contributed by atoms with Gasteiger partial charge in [0.15, 0.2) is 0 Å². The van der Waals surface area contributed by atoms with Crippen molar-refractivity contribution in [1.82, 2.24) is 0 Å². The van der Waals surface area contributed by atoms with Crippen molar-refractivity contribution >= 4 is 17.3 Å². The van der Waals surface area contributed by atoms with Crippen molar-refractivity contribution in [2.45, 2.75) is 0 Å². The predicted octanol–water partition coefficient (Wildman–Crippen LogP) is 1.98. The Hall–Kier alpha value is -3.00. The van der Waals surface area contributed by atoms with E-state index in [4.69, 9.17) is 11.0 Å². The second kappa shape index (κ2) is 6.41. The first-order valence-corrected chi connectivity index (χ1v) is 7.57. The molecule has 0 bridgehead atoms. The summed E-state index contributed by atoms with van der Waals surface area (Å²) in [4.78, 5) is 15.7. The molecule has 1 amide bonds. The third kappa shape index (κ3) is 3.27. The fourth-order valence-corrected chi connectivity index (χ4v) is 2.83. The van der Waals surface area contributed by atoms with Gasteiger partial charge >= 0.3 is 0 Å². The van der Waals surface area contributed by atoms with Gasteiger partial charge in [-0.2, -0.15) is 5.26 Å². The highest BCUT2D eigenvalue weighted by atomic mass is 16.1. The normalized spacial score (nSPS) is 14.4. The molecule has 23 heavy (non-hydrogen) atoms. The average Bonchev–Trinajstić information content (AvgIpc) is 2.62. The molecule has 0 spiro atoms. The lowest BCUT2D eigenvalue weighted by Gasteiger charge is -2.37. The second-order valence-electron chi connectivity index (χ2n) is 5.55. The van der Waals surface area contributed by atoms with E-state index in [9.17, 15) is 4.79 Å². The summed E-state index contributed by atoms with van der Waals surface area (Å²) in [5.41, 5.74) is 8.67. The minimum Gasteiger partial charge on any atom is -0.368 e. The first kappa shape index (κ1) is 14.9. The van der Waals surface area contributed by atoms with E-state index in [-0.39, 0.29) is 0 Å². The third-order valence-corrected chi connectivity index (χ3v) is 4.14. The molecule has 0 radical (unpaired) electrons. The monoisotopic (exact) mass is 306 g/mol. The van der Waals surface area contributed by atoms with E-state index < -0.39 is 5.91 Å². The van der Waals surface area contributed by atoms with Crippen LogP contribution in [-0.4, -0.2) is 32.1 Å². The summed E-state index contributed by atoms with van der Waals surface area (Å²) < 4.78 is 0. The molecule has 0 aliphatic carbocycles. The van der Waals surface area contributed by atoms with Gasteiger partial charge in [0, 0.05) is 43.1 Å². The van der Waals surface area contributed by atoms with Crippen LogP contribution in [-0.2, 0) is 0 Å². The zero-order valence-corrected chi connectivity index (χ0v) is 12.8. The summed E-state index contributed by atoms with van der Waals surface area (Å²) in [6.07, 6.45) is 0. The van der Waals surface area contributed by atoms with E-state index in [2.05, 4.69) is 15.9 Å². The quantitative estimate of drug-likeness (QED) is 0.941. The number of hydrogen-bond donors (Lipinski definition) is 1. The molecule has 116 valence electrons. The molecule has 2 aromatic carbocycles. The maximum absolute atomic E-state index is 11.1. The number of nitrogens with two attached hydrogens (primary N) is 1. The first-order chi connectivity index (χ1) is 11.2. The number of benzene rings is 2. The standard InChI is InChI=1S/C18H18N4O/c19-13-14-2-1-3-17(12-14)22-10-8-21(9-11-22)16-6-4-15(5-7-16)18(20)23/h1-7,12H,8-11H2,(H2,20,23). The lowest BCUT2D eigenvalue weighted by atomic mass is 10.1. The second-order valence-corrected chi connectivity index (χ2v) is 5.55. The Labute approximate surface area is 135 Å². The van der Waals surface area contributed by atoms with Gasteiger partial charge in [-0.1, -0.05) is 6.07 Å². The van der Waals surface area contributed by atoms with Gasteiger partial charge in [-0.25, -0.2) is 0 Å². The number of anilines is 2. The van der Waals surface area contributed by atoms with Gasteiger partial charge in [0.05, 0.1) is 11.6 Å². The van der Waals surface area contributed by atoms with Crippen LogP contribution in [0, 0.1) is 11.3 Å². The number of nitriles is 1.